The van der Waals surface area contributed by atoms with E-state index in [2.05, 4.69) is 6.58 Å². The summed E-state index contributed by atoms with van der Waals surface area (Å²) in [5, 5.41) is 18.6. The van der Waals surface area contributed by atoms with E-state index >= 15 is 0 Å². The Kier molecular flexibility index (Phi) is 5.16. The summed E-state index contributed by atoms with van der Waals surface area (Å²) in [6.07, 6.45) is 1.15. The minimum absolute atomic E-state index is 0.532. The van der Waals surface area contributed by atoms with E-state index in [1.165, 1.54) is 0 Å². The molecule has 2 atom stereocenters. The molecule has 2 N–H and O–H groups in total. The van der Waals surface area contributed by atoms with Crippen LogP contribution in [-0.4, -0.2) is 22.4 Å². The zero-order valence-electron chi connectivity index (χ0n) is 7.38. The lowest BCUT2D eigenvalue weighted by molar-refractivity contribution is 0.136. The standard InChI is InChI=1S/C9H18O2/c1-4-6-9(11)7(3)8(10)5-2/h8-11H,3-6H2,1-2H3. The van der Waals surface area contributed by atoms with Gasteiger partial charge in [-0.15, -0.1) is 0 Å². The molecule has 0 fully saturated rings. The highest BCUT2D eigenvalue weighted by atomic mass is 16.3. The molecule has 2 heteroatoms. The van der Waals surface area contributed by atoms with Gasteiger partial charge in [-0.3, -0.25) is 0 Å². The summed E-state index contributed by atoms with van der Waals surface area (Å²) in [5.74, 6) is 0. The van der Waals surface area contributed by atoms with Crippen LogP contribution in [-0.2, 0) is 0 Å². The van der Waals surface area contributed by atoms with Crippen molar-refractivity contribution >= 4 is 0 Å². The molecule has 0 radical (unpaired) electrons. The second-order valence-corrected chi connectivity index (χ2v) is 2.80. The number of aliphatic hydroxyl groups excluding tert-OH is 2. The van der Waals surface area contributed by atoms with Crippen molar-refractivity contribution in [2.75, 3.05) is 0 Å². The molecule has 2 unspecified atom stereocenters. The van der Waals surface area contributed by atoms with Gasteiger partial charge in [0.05, 0.1) is 12.2 Å². The Balaban J connectivity index is 3.81. The third-order valence-corrected chi connectivity index (χ3v) is 1.80. The minimum Gasteiger partial charge on any atom is -0.389 e. The highest BCUT2D eigenvalue weighted by Gasteiger charge is 2.13. The van der Waals surface area contributed by atoms with Gasteiger partial charge in [0.25, 0.3) is 0 Å². The highest BCUT2D eigenvalue weighted by molar-refractivity contribution is 5.07. The summed E-state index contributed by atoms with van der Waals surface area (Å²) in [6, 6.07) is 0. The van der Waals surface area contributed by atoms with Gasteiger partial charge in [0, 0.05) is 0 Å². The van der Waals surface area contributed by atoms with Crippen LogP contribution in [0.4, 0.5) is 0 Å². The predicted molar refractivity (Wildman–Crippen MR) is 46.4 cm³/mol. The van der Waals surface area contributed by atoms with Crippen LogP contribution in [0.2, 0.25) is 0 Å². The fraction of sp³-hybridized carbons (Fsp3) is 0.778. The Morgan fingerprint density at radius 3 is 2.18 bits per heavy atom. The fourth-order valence-electron chi connectivity index (χ4n) is 0.943. The Morgan fingerprint density at radius 2 is 1.82 bits per heavy atom. The molecule has 0 aromatic rings. The van der Waals surface area contributed by atoms with E-state index < -0.39 is 12.2 Å². The van der Waals surface area contributed by atoms with Gasteiger partial charge in [0.1, 0.15) is 0 Å². The van der Waals surface area contributed by atoms with Crippen molar-refractivity contribution in [3.63, 3.8) is 0 Å². The molecule has 0 aromatic carbocycles. The molecule has 0 rings (SSSR count). The number of hydrogen-bond acceptors (Lipinski definition) is 2. The number of rotatable bonds is 5. The molecule has 0 aliphatic heterocycles. The Hall–Kier alpha value is -0.340. The van der Waals surface area contributed by atoms with Crippen LogP contribution in [0.1, 0.15) is 33.1 Å². The number of aliphatic hydroxyl groups is 2. The second kappa shape index (κ2) is 5.33. The van der Waals surface area contributed by atoms with Gasteiger partial charge >= 0.3 is 0 Å². The summed E-state index contributed by atoms with van der Waals surface area (Å²) < 4.78 is 0. The van der Waals surface area contributed by atoms with E-state index in [4.69, 9.17) is 0 Å². The molecule has 0 aromatic heterocycles. The third-order valence-electron chi connectivity index (χ3n) is 1.80. The first-order valence-electron chi connectivity index (χ1n) is 4.18. The summed E-state index contributed by atoms with van der Waals surface area (Å²) in [7, 11) is 0. The predicted octanol–water partition coefficient (Wildman–Crippen LogP) is 1.47. The van der Waals surface area contributed by atoms with Crippen molar-refractivity contribution in [1.82, 2.24) is 0 Å². The quantitative estimate of drug-likeness (QED) is 0.595. The lowest BCUT2D eigenvalue weighted by atomic mass is 10.0. The molecule has 0 heterocycles. The normalized spacial score (nSPS) is 16.0. The summed E-state index contributed by atoms with van der Waals surface area (Å²) in [6.45, 7) is 7.51. The van der Waals surface area contributed by atoms with Crippen molar-refractivity contribution in [3.05, 3.63) is 12.2 Å². The average molecular weight is 158 g/mol. The van der Waals surface area contributed by atoms with Gasteiger partial charge in [-0.05, 0) is 18.4 Å². The van der Waals surface area contributed by atoms with Gasteiger partial charge < -0.3 is 10.2 Å². The molecular formula is C9H18O2. The first-order chi connectivity index (χ1) is 5.13. The zero-order valence-corrected chi connectivity index (χ0v) is 7.38. The van der Waals surface area contributed by atoms with E-state index in [9.17, 15) is 10.2 Å². The van der Waals surface area contributed by atoms with E-state index in [1.54, 1.807) is 0 Å². The van der Waals surface area contributed by atoms with Crippen LogP contribution >= 0.6 is 0 Å². The topological polar surface area (TPSA) is 40.5 Å². The lowest BCUT2D eigenvalue weighted by Crippen LogP contribution is -2.20. The van der Waals surface area contributed by atoms with Gasteiger partial charge in [0.15, 0.2) is 0 Å². The largest absolute Gasteiger partial charge is 0.389 e. The molecule has 0 spiro atoms. The first-order valence-corrected chi connectivity index (χ1v) is 4.18. The SMILES string of the molecule is C=C(C(O)CC)C(O)CCC. The summed E-state index contributed by atoms with van der Waals surface area (Å²) in [4.78, 5) is 0. The zero-order chi connectivity index (χ0) is 8.85. The Bertz CT molecular complexity index is 121. The molecule has 0 bridgehead atoms. The average Bonchev–Trinajstić information content (AvgIpc) is 2.02. The maximum absolute atomic E-state index is 9.36. The molecule has 0 saturated heterocycles. The molecule has 0 aliphatic rings. The monoisotopic (exact) mass is 158 g/mol. The van der Waals surface area contributed by atoms with E-state index in [1.807, 2.05) is 13.8 Å². The van der Waals surface area contributed by atoms with Crippen molar-refractivity contribution < 1.29 is 10.2 Å². The van der Waals surface area contributed by atoms with Crippen LogP contribution in [0.25, 0.3) is 0 Å². The summed E-state index contributed by atoms with van der Waals surface area (Å²) in [5.41, 5.74) is 0.550. The molecular weight excluding hydrogens is 140 g/mol. The van der Waals surface area contributed by atoms with Crippen LogP contribution in [0.15, 0.2) is 12.2 Å². The van der Waals surface area contributed by atoms with Crippen LogP contribution in [0.5, 0.6) is 0 Å². The van der Waals surface area contributed by atoms with Crippen LogP contribution < -0.4 is 0 Å². The molecule has 66 valence electrons. The van der Waals surface area contributed by atoms with Crippen LogP contribution in [0.3, 0.4) is 0 Å². The van der Waals surface area contributed by atoms with Gasteiger partial charge in [-0.2, -0.15) is 0 Å². The molecule has 0 saturated carbocycles. The smallest absolute Gasteiger partial charge is 0.0772 e. The maximum atomic E-state index is 9.36. The van der Waals surface area contributed by atoms with E-state index in [0.29, 0.717) is 18.4 Å². The van der Waals surface area contributed by atoms with Crippen molar-refractivity contribution in [2.24, 2.45) is 0 Å². The minimum atomic E-state index is -0.545. The molecule has 0 amide bonds. The molecule has 11 heavy (non-hydrogen) atoms. The van der Waals surface area contributed by atoms with Crippen LogP contribution in [0, 0.1) is 0 Å². The van der Waals surface area contributed by atoms with Gasteiger partial charge in [-0.25, -0.2) is 0 Å². The van der Waals surface area contributed by atoms with Gasteiger partial charge in [0.2, 0.25) is 0 Å². The van der Waals surface area contributed by atoms with Gasteiger partial charge in [-0.1, -0.05) is 26.8 Å². The Labute approximate surface area is 68.6 Å². The maximum Gasteiger partial charge on any atom is 0.0772 e. The summed E-state index contributed by atoms with van der Waals surface area (Å²) >= 11 is 0. The lowest BCUT2D eigenvalue weighted by Gasteiger charge is -2.16. The first kappa shape index (κ1) is 10.7. The van der Waals surface area contributed by atoms with Crippen molar-refractivity contribution in [1.29, 1.82) is 0 Å². The molecule has 2 nitrogen and oxygen atoms in total. The molecule has 0 aliphatic carbocycles. The highest BCUT2D eigenvalue weighted by Crippen LogP contribution is 2.12. The third kappa shape index (κ3) is 3.54. The van der Waals surface area contributed by atoms with E-state index in [0.717, 1.165) is 6.42 Å². The Morgan fingerprint density at radius 1 is 1.27 bits per heavy atom. The van der Waals surface area contributed by atoms with Crippen molar-refractivity contribution in [3.8, 4) is 0 Å². The second-order valence-electron chi connectivity index (χ2n) is 2.80. The van der Waals surface area contributed by atoms with Crippen molar-refractivity contribution in [2.45, 2.75) is 45.3 Å². The number of hydrogen-bond donors (Lipinski definition) is 2. The fourth-order valence-corrected chi connectivity index (χ4v) is 0.943. The van der Waals surface area contributed by atoms with E-state index in [-0.39, 0.29) is 0 Å².